The number of hydrogen-bond acceptors (Lipinski definition) is 7. The van der Waals surface area contributed by atoms with Gasteiger partial charge in [0.1, 0.15) is 5.82 Å². The molecule has 0 bridgehead atoms. The van der Waals surface area contributed by atoms with Crippen LogP contribution in [0.25, 0.3) is 0 Å². The average molecular weight is 363 g/mol. The molecule has 0 radical (unpaired) electrons. The van der Waals surface area contributed by atoms with Crippen molar-refractivity contribution in [2.45, 2.75) is 6.92 Å². The molecule has 0 aliphatic heterocycles. The predicted octanol–water partition coefficient (Wildman–Crippen LogP) is 3.33. The Labute approximate surface area is 159 Å². The fourth-order valence-corrected chi connectivity index (χ4v) is 2.28. The van der Waals surface area contributed by atoms with E-state index in [9.17, 15) is 0 Å². The normalized spacial score (nSPS) is 11.8. The number of nitrogens with zero attached hydrogens (tertiary/aromatic N) is 3. The quantitative estimate of drug-likeness (QED) is 0.340. The molecule has 27 heavy (non-hydrogen) atoms. The molecule has 7 heteroatoms. The lowest BCUT2D eigenvalue weighted by Crippen LogP contribution is -2.11. The molecule has 0 fully saturated rings. The minimum Gasteiger partial charge on any atom is -0.398 e. The summed E-state index contributed by atoms with van der Waals surface area (Å²) in [5, 5.41) is 11.8. The molecule has 0 saturated heterocycles. The van der Waals surface area contributed by atoms with Crippen LogP contribution in [0, 0.1) is 5.41 Å². The van der Waals surface area contributed by atoms with E-state index in [-0.39, 0.29) is 5.95 Å². The number of anilines is 4. The van der Waals surface area contributed by atoms with E-state index < -0.39 is 0 Å². The van der Waals surface area contributed by atoms with Crippen molar-refractivity contribution >= 4 is 28.9 Å². The molecular formula is C20H25N7. The minimum absolute atomic E-state index is 0.184. The molecule has 6 N–H and O–H groups in total. The maximum absolute atomic E-state index is 8.64. The van der Waals surface area contributed by atoms with E-state index in [1.54, 1.807) is 30.5 Å². The highest BCUT2D eigenvalue weighted by Crippen LogP contribution is 2.24. The van der Waals surface area contributed by atoms with Gasteiger partial charge in [0.2, 0.25) is 5.95 Å². The van der Waals surface area contributed by atoms with Gasteiger partial charge >= 0.3 is 0 Å². The highest BCUT2D eigenvalue weighted by atomic mass is 15.1. The van der Waals surface area contributed by atoms with Gasteiger partial charge in [-0.05, 0) is 37.3 Å². The van der Waals surface area contributed by atoms with Crippen molar-refractivity contribution in [2.75, 3.05) is 30.9 Å². The standard InChI is InChI=1S/C20H25N7/c1-5-6-14(11-13(2)27(3)4)19(22)16-12-15(7-8-17(16)21)25-18-9-10-24-20(23)26-18/h5-12,22H,1,21H2,2-4H3,(H3,23,24,25,26)/b13-11+,14-6+,22-19?. The van der Waals surface area contributed by atoms with Gasteiger partial charge in [0.15, 0.2) is 0 Å². The van der Waals surface area contributed by atoms with Crippen LogP contribution >= 0.6 is 0 Å². The van der Waals surface area contributed by atoms with Gasteiger partial charge in [-0.25, -0.2) is 4.98 Å². The Bertz CT molecular complexity index is 910. The van der Waals surface area contributed by atoms with Gasteiger partial charge in [0.25, 0.3) is 0 Å². The number of nitrogens with two attached hydrogens (primary N) is 2. The number of rotatable bonds is 7. The summed E-state index contributed by atoms with van der Waals surface area (Å²) in [6, 6.07) is 7.10. The molecule has 1 heterocycles. The zero-order valence-electron chi connectivity index (χ0n) is 15.8. The molecule has 2 aromatic rings. The summed E-state index contributed by atoms with van der Waals surface area (Å²) in [5.41, 5.74) is 15.6. The summed E-state index contributed by atoms with van der Waals surface area (Å²) < 4.78 is 0. The largest absolute Gasteiger partial charge is 0.398 e. The number of nitrogens with one attached hydrogen (secondary N) is 2. The van der Waals surface area contributed by atoms with Gasteiger partial charge in [0, 0.05) is 48.5 Å². The first-order chi connectivity index (χ1) is 12.8. The lowest BCUT2D eigenvalue weighted by molar-refractivity contribution is 0.513. The molecule has 140 valence electrons. The average Bonchev–Trinajstić information content (AvgIpc) is 2.62. The van der Waals surface area contributed by atoms with Gasteiger partial charge in [-0.3, -0.25) is 5.41 Å². The molecular weight excluding hydrogens is 338 g/mol. The Morgan fingerprint density at radius 1 is 1.26 bits per heavy atom. The molecule has 2 rings (SSSR count). The first kappa shape index (κ1) is 19.7. The Morgan fingerprint density at radius 2 is 2.00 bits per heavy atom. The Hall–Kier alpha value is -3.61. The van der Waals surface area contributed by atoms with Crippen molar-refractivity contribution in [3.8, 4) is 0 Å². The lowest BCUT2D eigenvalue weighted by Gasteiger charge is -2.16. The highest BCUT2D eigenvalue weighted by Gasteiger charge is 2.12. The van der Waals surface area contributed by atoms with Crippen molar-refractivity contribution in [3.05, 3.63) is 72.1 Å². The number of allylic oxidation sites excluding steroid dienone is 5. The zero-order chi connectivity index (χ0) is 20.0. The van der Waals surface area contributed by atoms with Crippen LogP contribution in [0.2, 0.25) is 0 Å². The van der Waals surface area contributed by atoms with Gasteiger partial charge in [-0.2, -0.15) is 4.98 Å². The fraction of sp³-hybridized carbons (Fsp3) is 0.150. The first-order valence-electron chi connectivity index (χ1n) is 8.34. The summed E-state index contributed by atoms with van der Waals surface area (Å²) in [6.45, 7) is 5.72. The molecule has 0 amide bonds. The number of hydrogen-bond donors (Lipinski definition) is 4. The topological polar surface area (TPSA) is 117 Å². The third-order valence-corrected chi connectivity index (χ3v) is 3.93. The van der Waals surface area contributed by atoms with Crippen molar-refractivity contribution in [3.63, 3.8) is 0 Å². The van der Waals surface area contributed by atoms with E-state index in [0.717, 1.165) is 11.4 Å². The van der Waals surface area contributed by atoms with Crippen molar-refractivity contribution in [1.82, 2.24) is 14.9 Å². The number of benzene rings is 1. The number of nitrogen functional groups attached to an aromatic ring is 2. The van der Waals surface area contributed by atoms with Gasteiger partial charge in [-0.15, -0.1) is 0 Å². The van der Waals surface area contributed by atoms with Crippen LogP contribution in [0.4, 0.5) is 23.1 Å². The summed E-state index contributed by atoms with van der Waals surface area (Å²) in [7, 11) is 3.90. The molecule has 1 aromatic carbocycles. The van der Waals surface area contributed by atoms with Gasteiger partial charge in [0.05, 0.1) is 5.71 Å². The van der Waals surface area contributed by atoms with Crippen LogP contribution in [-0.4, -0.2) is 34.7 Å². The molecule has 7 nitrogen and oxygen atoms in total. The second-order valence-electron chi connectivity index (χ2n) is 6.14. The van der Waals surface area contributed by atoms with E-state index in [0.29, 0.717) is 28.4 Å². The third kappa shape index (κ3) is 5.18. The molecule has 0 atom stereocenters. The zero-order valence-corrected chi connectivity index (χ0v) is 15.8. The van der Waals surface area contributed by atoms with E-state index >= 15 is 0 Å². The smallest absolute Gasteiger partial charge is 0.221 e. The van der Waals surface area contributed by atoms with E-state index in [1.165, 1.54) is 0 Å². The highest BCUT2D eigenvalue weighted by molar-refractivity contribution is 6.15. The monoisotopic (exact) mass is 363 g/mol. The molecule has 0 aliphatic rings. The maximum Gasteiger partial charge on any atom is 0.221 e. The Morgan fingerprint density at radius 3 is 2.63 bits per heavy atom. The van der Waals surface area contributed by atoms with Crippen LogP contribution < -0.4 is 16.8 Å². The lowest BCUT2D eigenvalue weighted by atomic mass is 9.99. The molecule has 0 saturated carbocycles. The fourth-order valence-electron chi connectivity index (χ4n) is 2.28. The third-order valence-electron chi connectivity index (χ3n) is 3.93. The summed E-state index contributed by atoms with van der Waals surface area (Å²) in [4.78, 5) is 9.97. The van der Waals surface area contributed by atoms with Crippen molar-refractivity contribution in [2.24, 2.45) is 0 Å². The van der Waals surface area contributed by atoms with Crippen molar-refractivity contribution in [1.29, 1.82) is 5.41 Å². The predicted molar refractivity (Wildman–Crippen MR) is 113 cm³/mol. The first-order valence-corrected chi connectivity index (χ1v) is 8.34. The second kappa shape index (κ2) is 8.66. The second-order valence-corrected chi connectivity index (χ2v) is 6.14. The van der Waals surface area contributed by atoms with Crippen LogP contribution in [0.15, 0.2) is 66.5 Å². The van der Waals surface area contributed by atoms with Crippen LogP contribution in [-0.2, 0) is 0 Å². The Kier molecular flexibility index (Phi) is 6.32. The Balaban J connectivity index is 2.38. The SMILES string of the molecule is C=C/C=C(\C=C(/C)N(C)C)C(=N)c1cc(Nc2ccnc(N)n2)ccc1N. The van der Waals surface area contributed by atoms with E-state index in [4.69, 9.17) is 16.9 Å². The van der Waals surface area contributed by atoms with Crippen LogP contribution in [0.3, 0.4) is 0 Å². The van der Waals surface area contributed by atoms with Gasteiger partial charge < -0.3 is 21.7 Å². The number of aromatic nitrogens is 2. The van der Waals surface area contributed by atoms with Crippen molar-refractivity contribution < 1.29 is 0 Å². The van der Waals surface area contributed by atoms with Gasteiger partial charge in [-0.1, -0.05) is 18.7 Å². The maximum atomic E-state index is 8.64. The summed E-state index contributed by atoms with van der Waals surface area (Å²) in [6.07, 6.45) is 6.95. The molecule has 1 aromatic heterocycles. The summed E-state index contributed by atoms with van der Waals surface area (Å²) in [5.74, 6) is 0.749. The minimum atomic E-state index is 0.184. The van der Waals surface area contributed by atoms with E-state index in [1.807, 2.05) is 44.1 Å². The molecule has 0 spiro atoms. The summed E-state index contributed by atoms with van der Waals surface area (Å²) >= 11 is 0. The molecule has 0 unspecified atom stereocenters. The van der Waals surface area contributed by atoms with Crippen LogP contribution in [0.5, 0.6) is 0 Å². The molecule has 0 aliphatic carbocycles. The van der Waals surface area contributed by atoms with E-state index in [2.05, 4.69) is 21.9 Å². The van der Waals surface area contributed by atoms with Crippen LogP contribution in [0.1, 0.15) is 12.5 Å².